The minimum Gasteiger partial charge on any atom is -0.207 e. The van der Waals surface area contributed by atoms with Gasteiger partial charge in [0, 0.05) is 19.0 Å². The topological polar surface area (TPSA) is 37.4 Å². The Morgan fingerprint density at radius 1 is 1.26 bits per heavy atom. The van der Waals surface area contributed by atoms with Gasteiger partial charge in [0.05, 0.1) is 5.02 Å². The number of halogens is 2. The Bertz CT molecular complexity index is 564. The number of sulfonamides is 1. The lowest BCUT2D eigenvalue weighted by atomic mass is 10.0. The Balaban J connectivity index is 2.40. The molecule has 3 nitrogen and oxygen atoms in total. The van der Waals surface area contributed by atoms with Crippen LogP contribution in [-0.2, 0) is 15.9 Å². The zero-order valence-electron chi connectivity index (χ0n) is 10.9. The van der Waals surface area contributed by atoms with Crippen molar-refractivity contribution in [2.75, 3.05) is 13.1 Å². The third kappa shape index (κ3) is 2.92. The lowest BCUT2D eigenvalue weighted by Crippen LogP contribution is -2.29. The predicted octanol–water partition coefficient (Wildman–Crippen LogP) is 3.36. The Labute approximate surface area is 124 Å². The molecule has 1 aliphatic heterocycles. The van der Waals surface area contributed by atoms with Crippen molar-refractivity contribution in [3.63, 3.8) is 0 Å². The maximum absolute atomic E-state index is 12.6. The van der Waals surface area contributed by atoms with E-state index in [2.05, 4.69) is 13.8 Å². The van der Waals surface area contributed by atoms with Gasteiger partial charge in [0.1, 0.15) is 4.90 Å². The molecule has 1 aromatic rings. The fraction of sp³-hybridized carbons (Fsp3) is 0.538. The minimum atomic E-state index is -3.53. The summed E-state index contributed by atoms with van der Waals surface area (Å²) in [4.78, 5) is 0.161. The van der Waals surface area contributed by atoms with Crippen molar-refractivity contribution in [1.29, 1.82) is 0 Å². The summed E-state index contributed by atoms with van der Waals surface area (Å²) in [5.41, 5.74) is 0.755. The first-order valence-corrected chi connectivity index (χ1v) is 8.56. The first kappa shape index (κ1) is 15.1. The van der Waals surface area contributed by atoms with Crippen LogP contribution >= 0.6 is 23.2 Å². The Morgan fingerprint density at radius 2 is 1.84 bits per heavy atom. The van der Waals surface area contributed by atoms with E-state index >= 15 is 0 Å². The van der Waals surface area contributed by atoms with Crippen molar-refractivity contribution in [2.24, 2.45) is 11.8 Å². The zero-order chi connectivity index (χ0) is 14.2. The van der Waals surface area contributed by atoms with Gasteiger partial charge in [-0.1, -0.05) is 31.5 Å². The molecule has 0 saturated carbocycles. The van der Waals surface area contributed by atoms with E-state index in [1.54, 1.807) is 18.2 Å². The molecule has 2 unspecified atom stereocenters. The summed E-state index contributed by atoms with van der Waals surface area (Å²) >= 11 is 11.8. The van der Waals surface area contributed by atoms with E-state index in [-0.39, 0.29) is 15.8 Å². The standard InChI is InChI=1S/C13H17Cl2NO2S/c1-9-7-16(8-10(9)2)19(17,18)13-5-11(6-14)3-4-12(13)15/h3-5,9-10H,6-8H2,1-2H3. The molecule has 0 radical (unpaired) electrons. The van der Waals surface area contributed by atoms with Crippen LogP contribution < -0.4 is 0 Å². The third-order valence-corrected chi connectivity index (χ3v) is 6.34. The summed E-state index contributed by atoms with van der Waals surface area (Å²) in [6, 6.07) is 4.90. The number of nitrogens with zero attached hydrogens (tertiary/aromatic N) is 1. The van der Waals surface area contributed by atoms with Crippen molar-refractivity contribution in [3.8, 4) is 0 Å². The van der Waals surface area contributed by atoms with Gasteiger partial charge in [-0.3, -0.25) is 0 Å². The molecule has 0 aliphatic carbocycles. The maximum atomic E-state index is 12.6. The van der Waals surface area contributed by atoms with E-state index in [1.165, 1.54) is 4.31 Å². The van der Waals surface area contributed by atoms with E-state index in [4.69, 9.17) is 23.2 Å². The van der Waals surface area contributed by atoms with Crippen LogP contribution in [0.4, 0.5) is 0 Å². The fourth-order valence-electron chi connectivity index (χ4n) is 2.24. The number of rotatable bonds is 3. The lowest BCUT2D eigenvalue weighted by molar-refractivity contribution is 0.463. The molecule has 106 valence electrons. The van der Waals surface area contributed by atoms with Crippen LogP contribution in [0.15, 0.2) is 23.1 Å². The molecule has 2 rings (SSSR count). The van der Waals surface area contributed by atoms with Crippen LogP contribution in [0.2, 0.25) is 5.02 Å². The Morgan fingerprint density at radius 3 is 2.37 bits per heavy atom. The molecule has 1 heterocycles. The molecular formula is C13H17Cl2NO2S. The molecule has 0 bridgehead atoms. The monoisotopic (exact) mass is 321 g/mol. The summed E-state index contributed by atoms with van der Waals surface area (Å²) in [5.74, 6) is 1.00. The van der Waals surface area contributed by atoms with Gasteiger partial charge in [-0.15, -0.1) is 11.6 Å². The molecule has 0 aromatic heterocycles. The molecular weight excluding hydrogens is 305 g/mol. The van der Waals surface area contributed by atoms with E-state index in [0.717, 1.165) is 5.56 Å². The van der Waals surface area contributed by atoms with Crippen molar-refractivity contribution < 1.29 is 8.42 Å². The quantitative estimate of drug-likeness (QED) is 0.800. The third-order valence-electron chi connectivity index (χ3n) is 3.72. The highest BCUT2D eigenvalue weighted by atomic mass is 35.5. The first-order chi connectivity index (χ1) is 8.86. The van der Waals surface area contributed by atoms with E-state index in [1.807, 2.05) is 0 Å². The second-order valence-electron chi connectivity index (χ2n) is 5.17. The molecule has 0 amide bonds. The maximum Gasteiger partial charge on any atom is 0.244 e. The number of hydrogen-bond donors (Lipinski definition) is 0. The Kier molecular flexibility index (Phi) is 4.45. The van der Waals surface area contributed by atoms with Crippen LogP contribution in [0.25, 0.3) is 0 Å². The average Bonchev–Trinajstić information content (AvgIpc) is 2.71. The Hall–Kier alpha value is -0.290. The number of alkyl halides is 1. The molecule has 1 aliphatic rings. The van der Waals surface area contributed by atoms with E-state index in [9.17, 15) is 8.42 Å². The van der Waals surface area contributed by atoms with Gasteiger partial charge in [-0.05, 0) is 29.5 Å². The van der Waals surface area contributed by atoms with E-state index < -0.39 is 10.0 Å². The second-order valence-corrected chi connectivity index (χ2v) is 7.76. The van der Waals surface area contributed by atoms with Crippen LogP contribution in [0.5, 0.6) is 0 Å². The number of benzene rings is 1. The van der Waals surface area contributed by atoms with Gasteiger partial charge in [-0.2, -0.15) is 4.31 Å². The second kappa shape index (κ2) is 5.60. The zero-order valence-corrected chi connectivity index (χ0v) is 13.3. The van der Waals surface area contributed by atoms with Gasteiger partial charge in [-0.25, -0.2) is 8.42 Å². The molecule has 0 spiro atoms. The van der Waals surface area contributed by atoms with Crippen molar-refractivity contribution >= 4 is 33.2 Å². The van der Waals surface area contributed by atoms with Crippen molar-refractivity contribution in [2.45, 2.75) is 24.6 Å². The predicted molar refractivity (Wildman–Crippen MR) is 78.1 cm³/mol. The van der Waals surface area contributed by atoms with Gasteiger partial charge in [0.2, 0.25) is 10.0 Å². The first-order valence-electron chi connectivity index (χ1n) is 6.20. The highest BCUT2D eigenvalue weighted by molar-refractivity contribution is 7.89. The lowest BCUT2D eigenvalue weighted by Gasteiger charge is -2.17. The smallest absolute Gasteiger partial charge is 0.207 e. The number of hydrogen-bond acceptors (Lipinski definition) is 2. The van der Waals surface area contributed by atoms with Crippen molar-refractivity contribution in [3.05, 3.63) is 28.8 Å². The average molecular weight is 322 g/mol. The summed E-state index contributed by atoms with van der Waals surface area (Å²) in [6.45, 7) is 5.23. The SMILES string of the molecule is CC1CN(S(=O)(=O)c2cc(CCl)ccc2Cl)CC1C. The van der Waals surface area contributed by atoms with Crippen LogP contribution in [0.1, 0.15) is 19.4 Å². The summed E-state index contributed by atoms with van der Waals surface area (Å²) < 4.78 is 26.7. The normalized spacial score (nSPS) is 24.8. The van der Waals surface area contributed by atoms with Gasteiger partial charge < -0.3 is 0 Å². The summed E-state index contributed by atoms with van der Waals surface area (Å²) in [6.07, 6.45) is 0. The molecule has 6 heteroatoms. The molecule has 1 saturated heterocycles. The largest absolute Gasteiger partial charge is 0.244 e. The molecule has 1 aromatic carbocycles. The summed E-state index contributed by atoms with van der Waals surface area (Å²) in [5, 5.41) is 0.251. The molecule has 2 atom stereocenters. The highest BCUT2D eigenvalue weighted by Gasteiger charge is 2.35. The van der Waals surface area contributed by atoms with E-state index in [0.29, 0.717) is 24.9 Å². The van der Waals surface area contributed by atoms with Gasteiger partial charge >= 0.3 is 0 Å². The fourth-order valence-corrected chi connectivity index (χ4v) is 4.57. The molecule has 1 fully saturated rings. The minimum absolute atomic E-state index is 0.161. The van der Waals surface area contributed by atoms with Gasteiger partial charge in [0.25, 0.3) is 0 Å². The molecule has 19 heavy (non-hydrogen) atoms. The molecule has 0 N–H and O–H groups in total. The van der Waals surface area contributed by atoms with Crippen LogP contribution in [0, 0.1) is 11.8 Å². The highest BCUT2D eigenvalue weighted by Crippen LogP contribution is 2.31. The van der Waals surface area contributed by atoms with Crippen molar-refractivity contribution in [1.82, 2.24) is 4.31 Å². The van der Waals surface area contributed by atoms with Gasteiger partial charge in [0.15, 0.2) is 0 Å². The van der Waals surface area contributed by atoms with Crippen LogP contribution in [0.3, 0.4) is 0 Å². The summed E-state index contributed by atoms with van der Waals surface area (Å²) in [7, 11) is -3.53. The van der Waals surface area contributed by atoms with Crippen LogP contribution in [-0.4, -0.2) is 25.8 Å².